The second-order valence-corrected chi connectivity index (χ2v) is 5.92. The van der Waals surface area contributed by atoms with Gasteiger partial charge >= 0.3 is 5.97 Å². The van der Waals surface area contributed by atoms with E-state index in [1.165, 1.54) is 5.56 Å². The monoisotopic (exact) mass is 431 g/mol. The van der Waals surface area contributed by atoms with Gasteiger partial charge in [-0.05, 0) is 27.2 Å². The van der Waals surface area contributed by atoms with Crippen LogP contribution in [0.5, 0.6) is 0 Å². The summed E-state index contributed by atoms with van der Waals surface area (Å²) in [6.07, 6.45) is 1.74. The van der Waals surface area contributed by atoms with E-state index in [1.807, 2.05) is 6.07 Å². The molecule has 3 nitrogen and oxygen atoms in total. The lowest BCUT2D eigenvalue weighted by Gasteiger charge is -2.42. The highest BCUT2D eigenvalue weighted by Crippen LogP contribution is 2.24. The Labute approximate surface area is 158 Å². The maximum absolute atomic E-state index is 12.0. The third-order valence-corrected chi connectivity index (χ3v) is 4.34. The van der Waals surface area contributed by atoms with Crippen LogP contribution in [0.2, 0.25) is 0 Å². The maximum atomic E-state index is 12.0. The van der Waals surface area contributed by atoms with Gasteiger partial charge in [0, 0.05) is 17.6 Å². The molecule has 0 aliphatic heterocycles. The molecule has 0 fully saturated rings. The van der Waals surface area contributed by atoms with Gasteiger partial charge in [-0.3, -0.25) is 4.48 Å². The fourth-order valence-corrected chi connectivity index (χ4v) is 2.82. The standard InChI is InChI=1S/C19H30NO2.HI/c1-6-12-18(22-19(21)16(4)5)20(7-2,8-3)15-17-13-10-9-11-14-17;/h9-11,13-14,18H,4,6-8,12,15H2,1-3,5H3;1H/q+1;/p-1. The van der Waals surface area contributed by atoms with Gasteiger partial charge in [0.1, 0.15) is 6.54 Å². The molecule has 0 aromatic heterocycles. The van der Waals surface area contributed by atoms with Crippen LogP contribution in [-0.4, -0.2) is 29.8 Å². The summed E-state index contributed by atoms with van der Waals surface area (Å²) < 4.78 is 6.57. The van der Waals surface area contributed by atoms with E-state index >= 15 is 0 Å². The Hall–Kier alpha value is -0.880. The van der Waals surface area contributed by atoms with Crippen LogP contribution in [-0.2, 0) is 16.1 Å². The third-order valence-electron chi connectivity index (χ3n) is 4.34. The third kappa shape index (κ3) is 6.26. The van der Waals surface area contributed by atoms with Gasteiger partial charge < -0.3 is 28.7 Å². The molecule has 0 N–H and O–H groups in total. The summed E-state index contributed by atoms with van der Waals surface area (Å²) in [6.45, 7) is 14.6. The Morgan fingerprint density at radius 2 is 1.74 bits per heavy atom. The second kappa shape index (κ2) is 10.8. The maximum Gasteiger partial charge on any atom is 0.337 e. The van der Waals surface area contributed by atoms with Gasteiger partial charge in [-0.1, -0.05) is 43.8 Å². The highest BCUT2D eigenvalue weighted by molar-refractivity contribution is 5.87. The first-order valence-corrected chi connectivity index (χ1v) is 8.25. The lowest BCUT2D eigenvalue weighted by atomic mass is 10.1. The summed E-state index contributed by atoms with van der Waals surface area (Å²) in [4.78, 5) is 12.0. The van der Waals surface area contributed by atoms with E-state index in [0.29, 0.717) is 5.57 Å². The molecule has 0 spiro atoms. The van der Waals surface area contributed by atoms with E-state index in [9.17, 15) is 4.79 Å². The van der Waals surface area contributed by atoms with Crippen molar-refractivity contribution in [3.63, 3.8) is 0 Å². The normalized spacial score (nSPS) is 12.2. The van der Waals surface area contributed by atoms with Crippen molar-refractivity contribution in [3.05, 3.63) is 48.0 Å². The van der Waals surface area contributed by atoms with Crippen molar-refractivity contribution in [1.82, 2.24) is 0 Å². The van der Waals surface area contributed by atoms with Crippen LogP contribution < -0.4 is 24.0 Å². The Bertz CT molecular complexity index is 483. The fraction of sp³-hybridized carbons (Fsp3) is 0.526. The van der Waals surface area contributed by atoms with Crippen molar-refractivity contribution in [2.45, 2.75) is 53.3 Å². The molecule has 0 aliphatic rings. The lowest BCUT2D eigenvalue weighted by Crippen LogP contribution is -3.00. The number of hydrogen-bond donors (Lipinski definition) is 0. The molecule has 4 heteroatoms. The number of ether oxygens (including phenoxy) is 1. The number of rotatable bonds is 9. The summed E-state index contributed by atoms with van der Waals surface area (Å²) in [7, 11) is 0. The molecule has 0 saturated carbocycles. The molecule has 1 unspecified atom stereocenters. The number of esters is 1. The van der Waals surface area contributed by atoms with Crippen LogP contribution in [0.3, 0.4) is 0 Å². The molecule has 130 valence electrons. The van der Waals surface area contributed by atoms with Crippen molar-refractivity contribution in [2.24, 2.45) is 0 Å². The highest BCUT2D eigenvalue weighted by Gasteiger charge is 2.36. The van der Waals surface area contributed by atoms with Gasteiger partial charge in [-0.15, -0.1) is 0 Å². The van der Waals surface area contributed by atoms with E-state index in [2.05, 4.69) is 51.6 Å². The summed E-state index contributed by atoms with van der Waals surface area (Å²) in [5, 5.41) is 0. The Balaban J connectivity index is 0.00000484. The van der Waals surface area contributed by atoms with Crippen LogP contribution in [0.25, 0.3) is 0 Å². The number of benzene rings is 1. The van der Waals surface area contributed by atoms with Gasteiger partial charge in [0.25, 0.3) is 0 Å². The van der Waals surface area contributed by atoms with E-state index in [-0.39, 0.29) is 36.2 Å². The number of quaternary nitrogens is 1. The average molecular weight is 431 g/mol. The van der Waals surface area contributed by atoms with E-state index in [4.69, 9.17) is 4.74 Å². The molecule has 0 radical (unpaired) electrons. The van der Waals surface area contributed by atoms with Crippen LogP contribution in [0.1, 0.15) is 46.1 Å². The van der Waals surface area contributed by atoms with Crippen molar-refractivity contribution < 1.29 is 38.0 Å². The van der Waals surface area contributed by atoms with Gasteiger partial charge in [-0.2, -0.15) is 0 Å². The summed E-state index contributed by atoms with van der Waals surface area (Å²) in [5.41, 5.74) is 1.74. The number of carbonyl (C=O) groups is 1. The quantitative estimate of drug-likeness (QED) is 0.194. The highest BCUT2D eigenvalue weighted by atomic mass is 127. The smallest absolute Gasteiger partial charge is 0.337 e. The van der Waals surface area contributed by atoms with E-state index in [0.717, 1.165) is 37.0 Å². The largest absolute Gasteiger partial charge is 1.00 e. The zero-order chi connectivity index (χ0) is 16.6. The minimum Gasteiger partial charge on any atom is -1.00 e. The van der Waals surface area contributed by atoms with Gasteiger partial charge in [0.15, 0.2) is 0 Å². The molecule has 0 saturated heterocycles. The lowest BCUT2D eigenvalue weighted by molar-refractivity contribution is -0.978. The zero-order valence-electron chi connectivity index (χ0n) is 14.8. The van der Waals surface area contributed by atoms with Crippen molar-refractivity contribution in [2.75, 3.05) is 13.1 Å². The van der Waals surface area contributed by atoms with Gasteiger partial charge in [-0.25, -0.2) is 4.79 Å². The summed E-state index contributed by atoms with van der Waals surface area (Å²) in [5.74, 6) is -0.282. The first-order valence-electron chi connectivity index (χ1n) is 8.25. The van der Waals surface area contributed by atoms with E-state index in [1.54, 1.807) is 6.92 Å². The molecule has 0 heterocycles. The molecule has 1 aromatic carbocycles. The Kier molecular flexibility index (Phi) is 10.4. The molecule has 0 bridgehead atoms. The summed E-state index contributed by atoms with van der Waals surface area (Å²) in [6, 6.07) is 10.4. The minimum atomic E-state index is -0.282. The molecule has 0 amide bonds. The van der Waals surface area contributed by atoms with Crippen molar-refractivity contribution in [1.29, 1.82) is 0 Å². The SMILES string of the molecule is C=C(C)C(=O)OC(CCC)[N+](CC)(CC)Cc1ccccc1.[I-]. The Morgan fingerprint density at radius 3 is 2.17 bits per heavy atom. The number of nitrogens with zero attached hydrogens (tertiary/aromatic N) is 1. The molecule has 0 aliphatic carbocycles. The van der Waals surface area contributed by atoms with Crippen LogP contribution in [0.4, 0.5) is 0 Å². The minimum absolute atomic E-state index is 0. The van der Waals surface area contributed by atoms with Crippen molar-refractivity contribution >= 4 is 5.97 Å². The average Bonchev–Trinajstić information content (AvgIpc) is 2.53. The predicted octanol–water partition coefficient (Wildman–Crippen LogP) is 1.29. The molecule has 23 heavy (non-hydrogen) atoms. The first kappa shape index (κ1) is 22.1. The van der Waals surface area contributed by atoms with E-state index < -0.39 is 0 Å². The van der Waals surface area contributed by atoms with Crippen LogP contribution in [0.15, 0.2) is 42.5 Å². The first-order chi connectivity index (χ1) is 10.5. The van der Waals surface area contributed by atoms with Gasteiger partial charge in [0.05, 0.1) is 13.1 Å². The molecule has 1 atom stereocenters. The Morgan fingerprint density at radius 1 is 1.17 bits per heavy atom. The molecular weight excluding hydrogens is 401 g/mol. The number of carbonyl (C=O) groups excluding carboxylic acids is 1. The predicted molar refractivity (Wildman–Crippen MR) is 91.1 cm³/mol. The molecule has 1 aromatic rings. The van der Waals surface area contributed by atoms with Crippen molar-refractivity contribution in [3.8, 4) is 0 Å². The topological polar surface area (TPSA) is 26.3 Å². The molecule has 1 rings (SSSR count). The summed E-state index contributed by atoms with van der Waals surface area (Å²) >= 11 is 0. The number of halogens is 1. The molecular formula is C19H30INO2. The fourth-order valence-electron chi connectivity index (χ4n) is 2.82. The second-order valence-electron chi connectivity index (χ2n) is 5.92. The number of hydrogen-bond acceptors (Lipinski definition) is 2. The van der Waals surface area contributed by atoms with Crippen LogP contribution >= 0.6 is 0 Å². The van der Waals surface area contributed by atoms with Crippen LogP contribution in [0, 0.1) is 0 Å². The van der Waals surface area contributed by atoms with Gasteiger partial charge in [0.2, 0.25) is 6.23 Å². The zero-order valence-corrected chi connectivity index (χ0v) is 17.0.